The average molecular weight is 878 g/mol. The van der Waals surface area contributed by atoms with Crippen molar-refractivity contribution in [2.45, 2.75) is 9.79 Å². The van der Waals surface area contributed by atoms with Crippen molar-refractivity contribution < 1.29 is 73.6 Å². The maximum atomic E-state index is 12.8. The quantitative estimate of drug-likeness (QED) is 0.0589. The van der Waals surface area contributed by atoms with Crippen LogP contribution in [0.25, 0.3) is 32.3 Å². The van der Waals surface area contributed by atoms with Gasteiger partial charge in [0.15, 0.2) is 0 Å². The Morgan fingerprint density at radius 3 is 1.81 bits per heavy atom. The van der Waals surface area contributed by atoms with Crippen molar-refractivity contribution in [3.63, 3.8) is 0 Å². The monoisotopic (exact) mass is 877 g/mol. The summed E-state index contributed by atoms with van der Waals surface area (Å²) in [5.74, 6) is -2.42. The summed E-state index contributed by atoms with van der Waals surface area (Å²) >= 11 is 0. The summed E-state index contributed by atoms with van der Waals surface area (Å²) in [5, 5.41) is 82.8. The summed E-state index contributed by atoms with van der Waals surface area (Å²) in [6.07, 6.45) is 0. The van der Waals surface area contributed by atoms with E-state index >= 15 is 0 Å². The SMILES string of the molecule is O=[N+]([O-])c1ccc(N=Nc2c(O)ccc3ccccc23)c(O)c1.O=[N+]([O-])c1ccc2c(N=Nc3ccc4cccc(S(=O)(=O)[O-])c4c3[O-])c([O-])cc(S(=O)(=O)O)c2c1.[Cr+3]. The first-order valence-corrected chi connectivity index (χ1v) is 18.8. The zero-order valence-electron chi connectivity index (χ0n) is 29.1. The summed E-state index contributed by atoms with van der Waals surface area (Å²) in [4.78, 5) is 18.7. The minimum Gasteiger partial charge on any atom is -0.871 e. The molecule has 0 heterocycles. The Morgan fingerprint density at radius 1 is 0.559 bits per heavy atom. The topological polar surface area (TPSA) is 334 Å². The van der Waals surface area contributed by atoms with Gasteiger partial charge in [-0.3, -0.25) is 24.8 Å². The van der Waals surface area contributed by atoms with Crippen LogP contribution in [0.4, 0.5) is 34.1 Å². The Kier molecular flexibility index (Phi) is 12.2. The molecule has 3 N–H and O–H groups in total. The van der Waals surface area contributed by atoms with E-state index in [4.69, 9.17) is 0 Å². The van der Waals surface area contributed by atoms with E-state index in [0.717, 1.165) is 35.7 Å². The zero-order valence-corrected chi connectivity index (χ0v) is 32.0. The fraction of sp³-hybridized carbons (Fsp3) is 0. The van der Waals surface area contributed by atoms with E-state index in [9.17, 15) is 66.6 Å². The van der Waals surface area contributed by atoms with E-state index in [0.29, 0.717) is 11.5 Å². The predicted molar refractivity (Wildman–Crippen MR) is 200 cm³/mol. The minimum atomic E-state index is -5.01. The van der Waals surface area contributed by atoms with Crippen molar-refractivity contribution >= 4 is 86.7 Å². The smallest absolute Gasteiger partial charge is 0.871 e. The molecule has 0 saturated heterocycles. The molecule has 0 bridgehead atoms. The van der Waals surface area contributed by atoms with Crippen molar-refractivity contribution in [2.24, 2.45) is 20.5 Å². The largest absolute Gasteiger partial charge is 3.00 e. The number of rotatable bonds is 8. The molecule has 0 saturated carbocycles. The Balaban J connectivity index is 0.000000239. The Hall–Kier alpha value is -7.13. The molecule has 0 aliphatic carbocycles. The number of nitro benzene ring substituents is 2. The molecule has 0 aromatic heterocycles. The van der Waals surface area contributed by atoms with Gasteiger partial charge in [-0.05, 0) is 52.6 Å². The molecule has 1 radical (unpaired) electrons. The molecule has 0 atom stereocenters. The summed E-state index contributed by atoms with van der Waals surface area (Å²) in [6.45, 7) is 0. The first-order chi connectivity index (χ1) is 27.3. The second-order valence-electron chi connectivity index (χ2n) is 11.9. The fourth-order valence-corrected chi connectivity index (χ4v) is 7.04. The molecule has 7 aromatic rings. The zero-order chi connectivity index (χ0) is 42.1. The van der Waals surface area contributed by atoms with Gasteiger partial charge in [0.1, 0.15) is 37.9 Å². The van der Waals surface area contributed by atoms with Gasteiger partial charge in [-0.25, -0.2) is 8.42 Å². The number of azo groups is 2. The van der Waals surface area contributed by atoms with E-state index in [1.54, 1.807) is 12.1 Å². The molecule has 7 rings (SSSR count). The van der Waals surface area contributed by atoms with Gasteiger partial charge in [0.2, 0.25) is 0 Å². The van der Waals surface area contributed by atoms with Crippen LogP contribution in [0.1, 0.15) is 0 Å². The van der Waals surface area contributed by atoms with Gasteiger partial charge < -0.3 is 25.0 Å². The molecule has 7 aromatic carbocycles. The number of nitro groups is 2. The number of non-ortho nitro benzene ring substituents is 2. The maximum absolute atomic E-state index is 12.8. The number of phenolic OH excluding ortho intramolecular Hbond substituents is 2. The molecule has 297 valence electrons. The third-order valence-electron chi connectivity index (χ3n) is 8.28. The van der Waals surface area contributed by atoms with Crippen LogP contribution in [0.15, 0.2) is 139 Å². The van der Waals surface area contributed by atoms with Crippen LogP contribution in [-0.4, -0.2) is 46.0 Å². The van der Waals surface area contributed by atoms with Crippen molar-refractivity contribution in [1.82, 2.24) is 0 Å². The van der Waals surface area contributed by atoms with Gasteiger partial charge in [-0.1, -0.05) is 60.0 Å². The molecule has 0 fully saturated rings. The second kappa shape index (κ2) is 16.8. The van der Waals surface area contributed by atoms with Gasteiger partial charge in [0, 0.05) is 34.4 Å². The molecule has 0 unspecified atom stereocenters. The first-order valence-electron chi connectivity index (χ1n) is 15.9. The standard InChI is InChI=1S/C20H13N3O10S2.C16H11N3O4.Cr/c24-15-9-17(35(31,32)33)13-8-11(23(26)27)5-6-12(13)19(15)22-21-14-7-4-10-2-1-3-16(34(28,29)30)18(10)20(14)25;20-14-8-5-10-3-1-2-4-12(10)16(14)18-17-13-7-6-11(19(22)23)9-15(13)21;/h1-9,24-25H,(H,28,29,30)(H,31,32,33);1-9,20-21H;/q;;+3/p-3. The maximum Gasteiger partial charge on any atom is 3.00 e. The minimum absolute atomic E-state index is 0. The third kappa shape index (κ3) is 9.05. The number of hydrogen-bond donors (Lipinski definition) is 3. The van der Waals surface area contributed by atoms with Gasteiger partial charge in [0.05, 0.1) is 32.2 Å². The number of nitrogens with zero attached hydrogens (tertiary/aromatic N) is 6. The van der Waals surface area contributed by atoms with E-state index in [1.165, 1.54) is 42.5 Å². The van der Waals surface area contributed by atoms with E-state index in [-0.39, 0.29) is 56.7 Å². The summed E-state index contributed by atoms with van der Waals surface area (Å²) in [5.41, 5.74) is -1.39. The number of fused-ring (bicyclic) bond motifs is 3. The van der Waals surface area contributed by atoms with Crippen molar-refractivity contribution in [3.05, 3.63) is 129 Å². The van der Waals surface area contributed by atoms with E-state index in [2.05, 4.69) is 20.5 Å². The summed E-state index contributed by atoms with van der Waals surface area (Å²) in [6, 6.07) is 23.5. The Morgan fingerprint density at radius 2 is 1.15 bits per heavy atom. The van der Waals surface area contributed by atoms with Crippen LogP contribution in [0.3, 0.4) is 0 Å². The number of phenols is 2. The van der Waals surface area contributed by atoms with Crippen LogP contribution < -0.4 is 10.2 Å². The van der Waals surface area contributed by atoms with E-state index in [1.807, 2.05) is 18.2 Å². The first kappa shape index (κ1) is 43.0. The molecule has 20 nitrogen and oxygen atoms in total. The van der Waals surface area contributed by atoms with Crippen molar-refractivity contribution in [1.29, 1.82) is 0 Å². The normalized spacial score (nSPS) is 11.8. The summed E-state index contributed by atoms with van der Waals surface area (Å²) in [7, 11) is -9.97. The van der Waals surface area contributed by atoms with Crippen LogP contribution in [0.2, 0.25) is 0 Å². The number of aromatic hydroxyl groups is 2. The second-order valence-corrected chi connectivity index (χ2v) is 14.6. The van der Waals surface area contributed by atoms with Crippen LogP contribution >= 0.6 is 0 Å². The van der Waals surface area contributed by atoms with Gasteiger partial charge >= 0.3 is 17.4 Å². The number of benzene rings is 7. The fourth-order valence-electron chi connectivity index (χ4n) is 5.63. The van der Waals surface area contributed by atoms with Crippen molar-refractivity contribution in [3.8, 4) is 23.0 Å². The Labute approximate surface area is 341 Å². The summed E-state index contributed by atoms with van der Waals surface area (Å²) < 4.78 is 67.6. The number of hydrogen-bond acceptors (Lipinski definition) is 17. The molecular formula is C36H21CrN6O14S2. The van der Waals surface area contributed by atoms with Crippen LogP contribution in [0.5, 0.6) is 23.0 Å². The molecule has 0 amide bonds. The predicted octanol–water partition coefficient (Wildman–Crippen LogP) is 7.19. The molecule has 23 heteroatoms. The third-order valence-corrected chi connectivity index (χ3v) is 10.1. The van der Waals surface area contributed by atoms with Crippen LogP contribution in [-0.2, 0) is 37.6 Å². The Bertz CT molecular complexity index is 3150. The average Bonchev–Trinajstić information content (AvgIpc) is 3.17. The molecule has 0 spiro atoms. The van der Waals surface area contributed by atoms with E-state index < -0.39 is 79.2 Å². The molecule has 0 aliphatic heterocycles. The molecule has 0 aliphatic rings. The van der Waals surface area contributed by atoms with Crippen LogP contribution in [0, 0.1) is 20.2 Å². The van der Waals surface area contributed by atoms with Gasteiger partial charge in [-0.15, -0.1) is 10.2 Å². The van der Waals surface area contributed by atoms with Gasteiger partial charge in [0.25, 0.3) is 21.5 Å². The van der Waals surface area contributed by atoms with Crippen molar-refractivity contribution in [2.75, 3.05) is 0 Å². The molecular weight excluding hydrogens is 857 g/mol. The molecule has 59 heavy (non-hydrogen) atoms. The van der Waals surface area contributed by atoms with Gasteiger partial charge in [-0.2, -0.15) is 18.6 Å².